The maximum atomic E-state index is 6.40. The van der Waals surface area contributed by atoms with Crippen molar-refractivity contribution in [2.45, 2.75) is 51.2 Å². The minimum Gasteiger partial charge on any atom is -0.352 e. The van der Waals surface area contributed by atoms with Gasteiger partial charge in [0.1, 0.15) is 24.8 Å². The number of imidazole rings is 1. The van der Waals surface area contributed by atoms with Crippen molar-refractivity contribution in [1.82, 2.24) is 14.5 Å². The summed E-state index contributed by atoms with van der Waals surface area (Å²) in [6.07, 6.45) is 11.0. The SMILES string of the molecule is Cc1nc(N2CCCC2CN2CCC3=C(Cc4ccc(Cl)cc43)C2Cn2cc[n+](C)c2)ccc1Cl. The smallest absolute Gasteiger partial charge is 0.243 e. The molecule has 2 atom stereocenters. The summed E-state index contributed by atoms with van der Waals surface area (Å²) < 4.78 is 4.46. The first-order chi connectivity index (χ1) is 17.0. The molecule has 3 aliphatic rings. The predicted octanol–water partition coefficient (Wildman–Crippen LogP) is 5.08. The van der Waals surface area contributed by atoms with E-state index in [0.29, 0.717) is 12.1 Å². The number of nitrogens with zero attached hydrogens (tertiary/aromatic N) is 5. The normalized spacial score (nSPS) is 22.1. The van der Waals surface area contributed by atoms with E-state index in [1.165, 1.54) is 29.5 Å². The number of rotatable bonds is 5. The van der Waals surface area contributed by atoms with Crippen LogP contribution in [-0.4, -0.2) is 46.2 Å². The molecule has 6 rings (SSSR count). The van der Waals surface area contributed by atoms with E-state index in [9.17, 15) is 0 Å². The first-order valence-corrected chi connectivity index (χ1v) is 13.4. The van der Waals surface area contributed by atoms with Crippen LogP contribution in [0.1, 0.15) is 36.1 Å². The van der Waals surface area contributed by atoms with Gasteiger partial charge in [0, 0.05) is 30.7 Å². The largest absolute Gasteiger partial charge is 0.352 e. The van der Waals surface area contributed by atoms with Crippen molar-refractivity contribution in [3.8, 4) is 0 Å². The van der Waals surface area contributed by atoms with Gasteiger partial charge < -0.3 is 4.90 Å². The third-order valence-corrected chi connectivity index (χ3v) is 8.62. The summed E-state index contributed by atoms with van der Waals surface area (Å²) in [5, 5.41) is 1.57. The number of aromatic nitrogens is 3. The van der Waals surface area contributed by atoms with Crippen molar-refractivity contribution in [2.24, 2.45) is 7.05 Å². The number of halogens is 2. The predicted molar refractivity (Wildman–Crippen MR) is 142 cm³/mol. The zero-order chi connectivity index (χ0) is 24.1. The standard InChI is InChI=1S/C28H32Cl2N5/c1-19-26(30)7-8-28(31-19)35-10-3-4-22(35)16-34-11-9-23-24-15-21(29)6-5-20(24)14-25(23)27(34)17-33-13-12-32(2)18-33/h5-8,12-13,15,18,22,27H,3-4,9-11,14,16-17H2,1-2H3/q+1. The lowest BCUT2D eigenvalue weighted by Gasteiger charge is -2.39. The third kappa shape index (κ3) is 4.39. The van der Waals surface area contributed by atoms with Crippen molar-refractivity contribution in [3.05, 3.63) is 81.5 Å². The van der Waals surface area contributed by atoms with Crippen LogP contribution in [0.5, 0.6) is 0 Å². The van der Waals surface area contributed by atoms with Gasteiger partial charge in [0.15, 0.2) is 0 Å². The van der Waals surface area contributed by atoms with Crippen molar-refractivity contribution >= 4 is 34.6 Å². The van der Waals surface area contributed by atoms with Gasteiger partial charge in [-0.2, -0.15) is 0 Å². The van der Waals surface area contributed by atoms with Gasteiger partial charge in [-0.05, 0) is 79.1 Å². The fourth-order valence-corrected chi connectivity index (χ4v) is 6.53. The topological polar surface area (TPSA) is 28.2 Å². The van der Waals surface area contributed by atoms with Crippen molar-refractivity contribution in [2.75, 3.05) is 24.5 Å². The fourth-order valence-electron chi connectivity index (χ4n) is 6.26. The lowest BCUT2D eigenvalue weighted by molar-refractivity contribution is -0.671. The van der Waals surface area contributed by atoms with Crippen LogP contribution in [-0.2, 0) is 20.0 Å². The quantitative estimate of drug-likeness (QED) is 0.450. The Labute approximate surface area is 217 Å². The van der Waals surface area contributed by atoms with Gasteiger partial charge in [0.05, 0.1) is 23.8 Å². The number of aryl methyl sites for hydroxylation is 2. The van der Waals surface area contributed by atoms with E-state index in [4.69, 9.17) is 28.2 Å². The highest BCUT2D eigenvalue weighted by atomic mass is 35.5. The third-order valence-electron chi connectivity index (χ3n) is 7.99. The van der Waals surface area contributed by atoms with Crippen LogP contribution in [0.3, 0.4) is 0 Å². The molecule has 1 aromatic carbocycles. The summed E-state index contributed by atoms with van der Waals surface area (Å²) in [7, 11) is 2.09. The number of hydrogen-bond donors (Lipinski definition) is 0. The van der Waals surface area contributed by atoms with Crippen LogP contribution < -0.4 is 9.47 Å². The number of anilines is 1. The molecule has 1 fully saturated rings. The summed E-state index contributed by atoms with van der Waals surface area (Å²) in [6, 6.07) is 11.3. The highest BCUT2D eigenvalue weighted by molar-refractivity contribution is 6.31. The molecule has 35 heavy (non-hydrogen) atoms. The van der Waals surface area contributed by atoms with Crippen molar-refractivity contribution in [1.29, 1.82) is 0 Å². The first-order valence-electron chi connectivity index (χ1n) is 12.6. The van der Waals surface area contributed by atoms with Gasteiger partial charge in [0.2, 0.25) is 6.33 Å². The van der Waals surface area contributed by atoms with E-state index in [2.05, 4.69) is 62.9 Å². The number of pyridine rings is 1. The van der Waals surface area contributed by atoms with E-state index in [-0.39, 0.29) is 0 Å². The molecule has 0 saturated carbocycles. The molecule has 0 radical (unpaired) electrons. The summed E-state index contributed by atoms with van der Waals surface area (Å²) in [5.41, 5.74) is 6.81. The van der Waals surface area contributed by atoms with Crippen LogP contribution in [0.4, 0.5) is 5.82 Å². The number of fused-ring (bicyclic) bond motifs is 2. The highest BCUT2D eigenvalue weighted by Gasteiger charge is 2.38. The average Bonchev–Trinajstić information content (AvgIpc) is 3.56. The molecule has 2 aromatic heterocycles. The Bertz CT molecular complexity index is 1300. The minimum atomic E-state index is 0.375. The maximum Gasteiger partial charge on any atom is 0.243 e. The van der Waals surface area contributed by atoms with Gasteiger partial charge >= 0.3 is 0 Å². The van der Waals surface area contributed by atoms with Crippen molar-refractivity contribution < 1.29 is 4.57 Å². The Kier molecular flexibility index (Phi) is 6.11. The Morgan fingerprint density at radius 1 is 1.11 bits per heavy atom. The summed E-state index contributed by atoms with van der Waals surface area (Å²) in [6.45, 7) is 6.14. The molecule has 1 saturated heterocycles. The molecule has 1 aliphatic carbocycles. The van der Waals surface area contributed by atoms with Crippen LogP contribution in [0.2, 0.25) is 10.0 Å². The van der Waals surface area contributed by atoms with E-state index in [0.717, 1.165) is 60.6 Å². The molecule has 7 heteroatoms. The van der Waals surface area contributed by atoms with Gasteiger partial charge in [-0.25, -0.2) is 14.1 Å². The molecule has 3 aromatic rings. The fraction of sp³-hybridized carbons (Fsp3) is 0.429. The lowest BCUT2D eigenvalue weighted by atomic mass is 9.92. The molecule has 0 amide bonds. The van der Waals surface area contributed by atoms with Gasteiger partial charge in [-0.1, -0.05) is 29.3 Å². The van der Waals surface area contributed by atoms with Crippen LogP contribution in [0, 0.1) is 6.92 Å². The van der Waals surface area contributed by atoms with Crippen LogP contribution >= 0.6 is 23.2 Å². The Morgan fingerprint density at radius 3 is 2.80 bits per heavy atom. The molecule has 0 bridgehead atoms. The van der Waals surface area contributed by atoms with Gasteiger partial charge in [0.25, 0.3) is 0 Å². The van der Waals surface area contributed by atoms with E-state index in [1.54, 1.807) is 5.57 Å². The molecule has 0 N–H and O–H groups in total. The summed E-state index contributed by atoms with van der Waals surface area (Å²) in [4.78, 5) is 10.1. The Morgan fingerprint density at radius 2 is 2.00 bits per heavy atom. The molecular formula is C28H32Cl2N5+. The monoisotopic (exact) mass is 508 g/mol. The second-order valence-electron chi connectivity index (χ2n) is 10.2. The molecule has 182 valence electrons. The van der Waals surface area contributed by atoms with Gasteiger partial charge in [-0.3, -0.25) is 4.90 Å². The molecule has 2 aliphatic heterocycles. The van der Waals surface area contributed by atoms with Crippen LogP contribution in [0.15, 0.2) is 54.6 Å². The minimum absolute atomic E-state index is 0.375. The highest BCUT2D eigenvalue weighted by Crippen LogP contribution is 2.42. The summed E-state index contributed by atoms with van der Waals surface area (Å²) >= 11 is 12.7. The van der Waals surface area contributed by atoms with E-state index >= 15 is 0 Å². The molecule has 5 nitrogen and oxygen atoms in total. The second kappa shape index (κ2) is 9.27. The Hall–Kier alpha value is -2.34. The average molecular weight is 510 g/mol. The maximum absolute atomic E-state index is 6.40. The zero-order valence-electron chi connectivity index (χ0n) is 20.4. The van der Waals surface area contributed by atoms with E-state index in [1.807, 2.05) is 19.1 Å². The lowest BCUT2D eigenvalue weighted by Crippen LogP contribution is -2.49. The molecule has 2 unspecified atom stereocenters. The number of hydrogen-bond acceptors (Lipinski definition) is 3. The molecular weight excluding hydrogens is 477 g/mol. The second-order valence-corrected chi connectivity index (χ2v) is 11.1. The number of benzene rings is 1. The zero-order valence-corrected chi connectivity index (χ0v) is 21.9. The molecule has 4 heterocycles. The van der Waals surface area contributed by atoms with Crippen LogP contribution in [0.25, 0.3) is 5.57 Å². The van der Waals surface area contributed by atoms with Gasteiger partial charge in [-0.15, -0.1) is 0 Å². The first kappa shape index (κ1) is 23.1. The summed E-state index contributed by atoms with van der Waals surface area (Å²) in [5.74, 6) is 1.06. The Balaban J connectivity index is 1.30. The van der Waals surface area contributed by atoms with E-state index < -0.39 is 0 Å². The molecule has 0 spiro atoms. The van der Waals surface area contributed by atoms with Crippen molar-refractivity contribution in [3.63, 3.8) is 0 Å².